The molecule has 1 amide bonds. The summed E-state index contributed by atoms with van der Waals surface area (Å²) in [6.07, 6.45) is 0.136. The highest BCUT2D eigenvalue weighted by molar-refractivity contribution is 6.32. The SMILES string of the molecule is COCCNC(=O)C(C)Oc1ccc(CCN)cc1Cl. The van der Waals surface area contributed by atoms with E-state index in [0.717, 1.165) is 12.0 Å². The lowest BCUT2D eigenvalue weighted by Gasteiger charge is -2.16. The van der Waals surface area contributed by atoms with Crippen LogP contribution in [-0.2, 0) is 16.0 Å². The molecule has 5 nitrogen and oxygen atoms in total. The summed E-state index contributed by atoms with van der Waals surface area (Å²) in [7, 11) is 1.58. The third kappa shape index (κ3) is 5.36. The van der Waals surface area contributed by atoms with Crippen LogP contribution in [0.2, 0.25) is 5.02 Å². The highest BCUT2D eigenvalue weighted by Gasteiger charge is 2.15. The molecule has 1 aromatic rings. The first-order valence-electron chi connectivity index (χ1n) is 6.50. The van der Waals surface area contributed by atoms with Gasteiger partial charge in [0.2, 0.25) is 0 Å². The normalized spacial score (nSPS) is 12.0. The van der Waals surface area contributed by atoms with Crippen molar-refractivity contribution < 1.29 is 14.3 Å². The predicted octanol–water partition coefficient (Wildman–Crippen LogP) is 1.37. The lowest BCUT2D eigenvalue weighted by atomic mass is 10.1. The Bertz CT molecular complexity index is 440. The summed E-state index contributed by atoms with van der Waals surface area (Å²) in [5.41, 5.74) is 6.53. The first-order chi connectivity index (χ1) is 9.58. The predicted molar refractivity (Wildman–Crippen MR) is 79.2 cm³/mol. The van der Waals surface area contributed by atoms with E-state index in [-0.39, 0.29) is 5.91 Å². The van der Waals surface area contributed by atoms with Gasteiger partial charge in [-0.05, 0) is 37.6 Å². The van der Waals surface area contributed by atoms with Crippen molar-refractivity contribution in [3.05, 3.63) is 28.8 Å². The van der Waals surface area contributed by atoms with E-state index in [0.29, 0.717) is 30.5 Å². The average molecular weight is 301 g/mol. The Morgan fingerprint density at radius 2 is 2.25 bits per heavy atom. The Hall–Kier alpha value is -1.30. The van der Waals surface area contributed by atoms with E-state index in [1.165, 1.54) is 0 Å². The summed E-state index contributed by atoms with van der Waals surface area (Å²) < 4.78 is 10.4. The molecule has 0 aromatic heterocycles. The van der Waals surface area contributed by atoms with Gasteiger partial charge in [-0.2, -0.15) is 0 Å². The Morgan fingerprint density at radius 3 is 2.85 bits per heavy atom. The molecule has 0 radical (unpaired) electrons. The number of benzene rings is 1. The molecule has 6 heteroatoms. The van der Waals surface area contributed by atoms with Gasteiger partial charge in [0.05, 0.1) is 11.6 Å². The van der Waals surface area contributed by atoms with Gasteiger partial charge in [0.1, 0.15) is 5.75 Å². The Balaban J connectivity index is 2.56. The van der Waals surface area contributed by atoms with E-state index in [1.807, 2.05) is 6.07 Å². The zero-order valence-corrected chi connectivity index (χ0v) is 12.6. The van der Waals surface area contributed by atoms with Crippen LogP contribution in [0.15, 0.2) is 18.2 Å². The van der Waals surface area contributed by atoms with E-state index in [1.54, 1.807) is 26.2 Å². The molecule has 112 valence electrons. The van der Waals surface area contributed by atoms with Crippen LogP contribution < -0.4 is 15.8 Å². The minimum absolute atomic E-state index is 0.204. The molecule has 0 fully saturated rings. The fraction of sp³-hybridized carbons (Fsp3) is 0.500. The minimum Gasteiger partial charge on any atom is -0.479 e. The molecule has 0 aliphatic rings. The number of rotatable bonds is 8. The third-order valence-corrected chi connectivity index (χ3v) is 3.00. The standard InChI is InChI=1S/C14H21ClN2O3/c1-10(14(18)17-7-8-19-2)20-13-4-3-11(5-6-16)9-12(13)15/h3-4,9-10H,5-8,16H2,1-2H3,(H,17,18). The second-order valence-corrected chi connectivity index (χ2v) is 4.75. The molecule has 3 N–H and O–H groups in total. The van der Waals surface area contributed by atoms with Crippen LogP contribution in [0.5, 0.6) is 5.75 Å². The summed E-state index contributed by atoms with van der Waals surface area (Å²) in [4.78, 5) is 11.8. The van der Waals surface area contributed by atoms with Crippen LogP contribution in [0, 0.1) is 0 Å². The lowest BCUT2D eigenvalue weighted by Crippen LogP contribution is -2.37. The highest BCUT2D eigenvalue weighted by Crippen LogP contribution is 2.26. The fourth-order valence-corrected chi connectivity index (χ4v) is 1.87. The monoisotopic (exact) mass is 300 g/mol. The molecule has 0 aliphatic heterocycles. The Labute approximate surface area is 124 Å². The number of halogens is 1. The smallest absolute Gasteiger partial charge is 0.260 e. The second-order valence-electron chi connectivity index (χ2n) is 4.35. The molecule has 1 atom stereocenters. The van der Waals surface area contributed by atoms with E-state index in [9.17, 15) is 4.79 Å². The number of amides is 1. The Kier molecular flexibility index (Phi) is 7.36. The first-order valence-corrected chi connectivity index (χ1v) is 6.88. The van der Waals surface area contributed by atoms with Crippen molar-refractivity contribution >= 4 is 17.5 Å². The number of carbonyl (C=O) groups is 1. The van der Waals surface area contributed by atoms with Gasteiger partial charge in [0.25, 0.3) is 5.91 Å². The van der Waals surface area contributed by atoms with Crippen LogP contribution in [0.3, 0.4) is 0 Å². The quantitative estimate of drug-likeness (QED) is 0.711. The molecule has 1 unspecified atom stereocenters. The zero-order chi connectivity index (χ0) is 15.0. The first kappa shape index (κ1) is 16.8. The van der Waals surface area contributed by atoms with E-state index in [4.69, 9.17) is 26.8 Å². The van der Waals surface area contributed by atoms with Crippen LogP contribution in [0.4, 0.5) is 0 Å². The third-order valence-electron chi connectivity index (χ3n) is 2.71. The van der Waals surface area contributed by atoms with Gasteiger partial charge in [-0.3, -0.25) is 4.79 Å². The maximum atomic E-state index is 11.8. The van der Waals surface area contributed by atoms with Crippen molar-refractivity contribution in [1.82, 2.24) is 5.32 Å². The number of carbonyl (C=O) groups excluding carboxylic acids is 1. The molecule has 0 saturated heterocycles. The van der Waals surface area contributed by atoms with Gasteiger partial charge >= 0.3 is 0 Å². The molecular formula is C14H21ClN2O3. The average Bonchev–Trinajstić information content (AvgIpc) is 2.42. The van der Waals surface area contributed by atoms with E-state index < -0.39 is 6.10 Å². The second kappa shape index (κ2) is 8.79. The lowest BCUT2D eigenvalue weighted by molar-refractivity contribution is -0.127. The number of nitrogens with one attached hydrogen (secondary N) is 1. The maximum Gasteiger partial charge on any atom is 0.260 e. The highest BCUT2D eigenvalue weighted by atomic mass is 35.5. The molecule has 0 aliphatic carbocycles. The molecule has 0 spiro atoms. The number of hydrogen-bond donors (Lipinski definition) is 2. The molecular weight excluding hydrogens is 280 g/mol. The van der Waals surface area contributed by atoms with Crippen molar-refractivity contribution in [2.45, 2.75) is 19.4 Å². The molecule has 0 saturated carbocycles. The molecule has 0 heterocycles. The minimum atomic E-state index is -0.621. The summed E-state index contributed by atoms with van der Waals surface area (Å²) in [5, 5.41) is 3.19. The fourth-order valence-electron chi connectivity index (χ4n) is 1.63. The molecule has 1 rings (SSSR count). The number of nitrogens with two attached hydrogens (primary N) is 1. The Morgan fingerprint density at radius 1 is 1.50 bits per heavy atom. The van der Waals surface area contributed by atoms with Crippen molar-refractivity contribution in [2.24, 2.45) is 5.73 Å². The number of methoxy groups -OCH3 is 1. The van der Waals surface area contributed by atoms with Crippen molar-refractivity contribution in [2.75, 3.05) is 26.8 Å². The van der Waals surface area contributed by atoms with Gasteiger partial charge in [-0.25, -0.2) is 0 Å². The summed E-state index contributed by atoms with van der Waals surface area (Å²) in [5.74, 6) is 0.283. The molecule has 20 heavy (non-hydrogen) atoms. The van der Waals surface area contributed by atoms with Gasteiger partial charge < -0.3 is 20.5 Å². The van der Waals surface area contributed by atoms with E-state index in [2.05, 4.69) is 5.32 Å². The summed E-state index contributed by atoms with van der Waals surface area (Å²) in [6.45, 7) is 3.15. The summed E-state index contributed by atoms with van der Waals surface area (Å²) in [6, 6.07) is 5.45. The number of hydrogen-bond acceptors (Lipinski definition) is 4. The largest absolute Gasteiger partial charge is 0.479 e. The maximum absolute atomic E-state index is 11.8. The van der Waals surface area contributed by atoms with E-state index >= 15 is 0 Å². The van der Waals surface area contributed by atoms with Crippen molar-refractivity contribution in [3.8, 4) is 5.75 Å². The summed E-state index contributed by atoms with van der Waals surface area (Å²) >= 11 is 6.12. The number of ether oxygens (including phenoxy) is 2. The van der Waals surface area contributed by atoms with Gasteiger partial charge in [-0.1, -0.05) is 17.7 Å². The van der Waals surface area contributed by atoms with Crippen LogP contribution in [0.1, 0.15) is 12.5 Å². The molecule has 1 aromatic carbocycles. The van der Waals surface area contributed by atoms with Crippen molar-refractivity contribution in [1.29, 1.82) is 0 Å². The molecule has 0 bridgehead atoms. The van der Waals surface area contributed by atoms with Gasteiger partial charge in [0.15, 0.2) is 6.10 Å². The topological polar surface area (TPSA) is 73.6 Å². The van der Waals surface area contributed by atoms with Gasteiger partial charge in [0, 0.05) is 13.7 Å². The van der Waals surface area contributed by atoms with Gasteiger partial charge in [-0.15, -0.1) is 0 Å². The zero-order valence-electron chi connectivity index (χ0n) is 11.8. The van der Waals surface area contributed by atoms with Crippen LogP contribution >= 0.6 is 11.6 Å². The van der Waals surface area contributed by atoms with Crippen molar-refractivity contribution in [3.63, 3.8) is 0 Å². The van der Waals surface area contributed by atoms with Crippen LogP contribution in [-0.4, -0.2) is 38.8 Å². The van der Waals surface area contributed by atoms with Crippen LogP contribution in [0.25, 0.3) is 0 Å².